The molecule has 0 aliphatic carbocycles. The Labute approximate surface area is 183 Å². The molecule has 0 atom stereocenters. The lowest BCUT2D eigenvalue weighted by molar-refractivity contribution is -0.137. The maximum atomic E-state index is 10.3. The van der Waals surface area contributed by atoms with Crippen LogP contribution in [0.25, 0.3) is 0 Å². The number of hydrogen-bond acceptors (Lipinski definition) is 6. The predicted molar refractivity (Wildman–Crippen MR) is 121 cm³/mol. The molecular formula is C23H48O7. The summed E-state index contributed by atoms with van der Waals surface area (Å²) in [4.78, 5) is 10.3. The second-order valence-corrected chi connectivity index (χ2v) is 7.19. The van der Waals surface area contributed by atoms with Gasteiger partial charge in [0.1, 0.15) is 6.10 Å². The van der Waals surface area contributed by atoms with E-state index in [0.717, 1.165) is 12.8 Å². The highest BCUT2D eigenvalue weighted by molar-refractivity contribution is 5.66. The lowest BCUT2D eigenvalue weighted by Gasteiger charge is -1.99. The van der Waals surface area contributed by atoms with Crippen LogP contribution in [0, 0.1) is 0 Å². The van der Waals surface area contributed by atoms with Gasteiger partial charge in [0.25, 0.3) is 0 Å². The first-order valence-corrected chi connectivity index (χ1v) is 11.5. The fourth-order valence-corrected chi connectivity index (χ4v) is 2.40. The van der Waals surface area contributed by atoms with Gasteiger partial charge in [0.05, 0.1) is 26.4 Å². The molecule has 0 amide bonds. The van der Waals surface area contributed by atoms with Crippen LogP contribution in [0.15, 0.2) is 12.2 Å². The average Bonchev–Trinajstić information content (AvgIpc) is 2.76. The summed E-state index contributed by atoms with van der Waals surface area (Å²) in [5, 5.41) is 47.8. The van der Waals surface area contributed by atoms with Crippen molar-refractivity contribution in [1.29, 1.82) is 0 Å². The predicted octanol–water partition coefficient (Wildman–Crippen LogP) is 3.41. The van der Waals surface area contributed by atoms with Gasteiger partial charge in [-0.2, -0.15) is 0 Å². The monoisotopic (exact) mass is 436 g/mol. The molecule has 0 aliphatic rings. The second-order valence-electron chi connectivity index (χ2n) is 7.19. The third-order valence-corrected chi connectivity index (χ3v) is 4.17. The minimum absolute atomic E-state index is 0.125. The number of unbranched alkanes of at least 4 members (excludes halogenated alkanes) is 11. The Morgan fingerprint density at radius 3 is 1.43 bits per heavy atom. The Morgan fingerprint density at radius 2 is 1.10 bits per heavy atom. The van der Waals surface area contributed by atoms with Gasteiger partial charge >= 0.3 is 5.97 Å². The number of allylic oxidation sites excluding steroid dienone is 2. The molecule has 0 heterocycles. The summed E-state index contributed by atoms with van der Waals surface area (Å²) in [5.74, 6) is -0.664. The molecule has 0 bridgehead atoms. The van der Waals surface area contributed by atoms with Crippen molar-refractivity contribution in [2.45, 2.75) is 103 Å². The third kappa shape index (κ3) is 41.4. The van der Waals surface area contributed by atoms with Gasteiger partial charge in [0, 0.05) is 6.42 Å². The van der Waals surface area contributed by atoms with E-state index in [1.54, 1.807) is 0 Å². The van der Waals surface area contributed by atoms with E-state index in [9.17, 15) is 4.79 Å². The average molecular weight is 437 g/mol. The highest BCUT2D eigenvalue weighted by atomic mass is 16.4. The Morgan fingerprint density at radius 1 is 0.700 bits per heavy atom. The van der Waals surface area contributed by atoms with Crippen LogP contribution in [-0.2, 0) is 4.79 Å². The first-order valence-electron chi connectivity index (χ1n) is 11.5. The molecule has 0 saturated heterocycles. The van der Waals surface area contributed by atoms with Gasteiger partial charge in [0.15, 0.2) is 0 Å². The highest BCUT2D eigenvalue weighted by Gasteiger charge is 1.96. The molecule has 0 saturated carbocycles. The summed E-state index contributed by atoms with van der Waals surface area (Å²) < 4.78 is 0. The Balaban J connectivity index is -0.000000600. The van der Waals surface area contributed by atoms with Crippen LogP contribution in [0.4, 0.5) is 0 Å². The number of carbonyl (C=O) groups is 1. The molecule has 0 unspecified atom stereocenters. The number of aliphatic hydroxyl groups is 5. The van der Waals surface area contributed by atoms with Gasteiger partial charge in [-0.1, -0.05) is 70.4 Å². The summed E-state index contributed by atoms with van der Waals surface area (Å²) in [7, 11) is 0. The largest absolute Gasteiger partial charge is 0.481 e. The van der Waals surface area contributed by atoms with Crippen LogP contribution in [-0.4, -0.2) is 69.1 Å². The molecule has 0 radical (unpaired) electrons. The molecule has 6 N–H and O–H groups in total. The summed E-state index contributed by atoms with van der Waals surface area (Å²) >= 11 is 0. The van der Waals surface area contributed by atoms with Gasteiger partial charge in [-0.15, -0.1) is 0 Å². The lowest BCUT2D eigenvalue weighted by Crippen LogP contribution is -2.15. The van der Waals surface area contributed by atoms with Gasteiger partial charge in [-0.05, 0) is 32.1 Å². The number of carboxylic acids is 1. The van der Waals surface area contributed by atoms with Crippen LogP contribution in [0.2, 0.25) is 0 Å². The zero-order valence-corrected chi connectivity index (χ0v) is 19.1. The zero-order chi connectivity index (χ0) is 23.3. The van der Waals surface area contributed by atoms with Gasteiger partial charge in [-0.25, -0.2) is 0 Å². The quantitative estimate of drug-likeness (QED) is 0.143. The molecule has 0 fully saturated rings. The Hall–Kier alpha value is -0.990. The number of aliphatic hydroxyl groups excluding tert-OH is 5. The smallest absolute Gasteiger partial charge is 0.303 e. The maximum absolute atomic E-state index is 10.3. The van der Waals surface area contributed by atoms with Crippen LogP contribution in [0.5, 0.6) is 0 Å². The molecule has 0 rings (SSSR count). The molecule has 0 aromatic rings. The van der Waals surface area contributed by atoms with Crippen molar-refractivity contribution in [2.24, 2.45) is 0 Å². The van der Waals surface area contributed by atoms with Crippen molar-refractivity contribution in [3.8, 4) is 0 Å². The number of hydrogen-bond donors (Lipinski definition) is 6. The molecule has 7 nitrogen and oxygen atoms in total. The topological polar surface area (TPSA) is 138 Å². The number of carboxylic acid groups (broad SMARTS) is 1. The van der Waals surface area contributed by atoms with Crippen molar-refractivity contribution < 1.29 is 35.4 Å². The van der Waals surface area contributed by atoms with E-state index in [1.807, 2.05) is 0 Å². The van der Waals surface area contributed by atoms with Gasteiger partial charge < -0.3 is 30.6 Å². The summed E-state index contributed by atoms with van der Waals surface area (Å²) in [5.41, 5.74) is 0. The third-order valence-electron chi connectivity index (χ3n) is 4.17. The van der Waals surface area contributed by atoms with Crippen molar-refractivity contribution in [2.75, 3.05) is 26.4 Å². The maximum Gasteiger partial charge on any atom is 0.303 e. The Kier molecular flexibility index (Phi) is 36.6. The Bertz CT molecular complexity index is 330. The van der Waals surface area contributed by atoms with Gasteiger partial charge in [-0.3, -0.25) is 4.79 Å². The van der Waals surface area contributed by atoms with E-state index in [4.69, 9.17) is 30.6 Å². The minimum atomic E-state index is -0.954. The molecule has 30 heavy (non-hydrogen) atoms. The summed E-state index contributed by atoms with van der Waals surface area (Å²) in [6.45, 7) is 1.28. The van der Waals surface area contributed by atoms with Gasteiger partial charge in [0.2, 0.25) is 0 Å². The van der Waals surface area contributed by atoms with E-state index >= 15 is 0 Å². The van der Waals surface area contributed by atoms with Crippen LogP contribution in [0.3, 0.4) is 0 Å². The fraction of sp³-hybridized carbons (Fsp3) is 0.870. The second kappa shape index (κ2) is 32.7. The normalized spacial score (nSPS) is 10.5. The molecular weight excluding hydrogens is 388 g/mol. The lowest BCUT2D eigenvalue weighted by atomic mass is 10.1. The van der Waals surface area contributed by atoms with E-state index in [0.29, 0.717) is 6.42 Å². The van der Waals surface area contributed by atoms with Crippen molar-refractivity contribution in [1.82, 2.24) is 0 Å². The fourth-order valence-electron chi connectivity index (χ4n) is 2.40. The summed E-state index contributed by atoms with van der Waals surface area (Å²) in [6, 6.07) is 0. The minimum Gasteiger partial charge on any atom is -0.481 e. The van der Waals surface area contributed by atoms with E-state index < -0.39 is 12.1 Å². The molecule has 0 aromatic heterocycles. The first kappa shape index (κ1) is 33.6. The number of rotatable bonds is 18. The SMILES string of the molecule is CCCCCCCC/C=C\CCCCCCCC(=O)O.OCC(O)CO.OCCO. The molecule has 7 heteroatoms. The van der Waals surface area contributed by atoms with Crippen molar-refractivity contribution >= 4 is 5.97 Å². The zero-order valence-electron chi connectivity index (χ0n) is 19.1. The van der Waals surface area contributed by atoms with Crippen LogP contribution in [0.1, 0.15) is 96.8 Å². The summed E-state index contributed by atoms with van der Waals surface area (Å²) in [6.07, 6.45) is 20.3. The van der Waals surface area contributed by atoms with E-state index in [-0.39, 0.29) is 26.4 Å². The standard InChI is InChI=1S/C18H34O2.C3H8O3.C2H6O2/c1-2-3-4-5-6-7-8-9-10-11-12-13-14-15-16-17-18(19)20;4-1-3(6)2-5;3-1-2-4/h9-10H,2-8,11-17H2,1H3,(H,19,20);3-6H,1-2H2;3-4H,1-2H2/b10-9-;;. The van der Waals surface area contributed by atoms with Crippen LogP contribution < -0.4 is 0 Å². The molecule has 0 spiro atoms. The van der Waals surface area contributed by atoms with Crippen LogP contribution >= 0.6 is 0 Å². The molecule has 0 aliphatic heterocycles. The van der Waals surface area contributed by atoms with E-state index in [2.05, 4.69) is 19.1 Å². The highest BCUT2D eigenvalue weighted by Crippen LogP contribution is 2.09. The molecule has 182 valence electrons. The molecule has 0 aromatic carbocycles. The van der Waals surface area contributed by atoms with Crippen molar-refractivity contribution in [3.63, 3.8) is 0 Å². The van der Waals surface area contributed by atoms with Crippen molar-refractivity contribution in [3.05, 3.63) is 12.2 Å². The van der Waals surface area contributed by atoms with E-state index in [1.165, 1.54) is 70.6 Å². The first-order chi connectivity index (χ1) is 14.5. The number of aliphatic carboxylic acids is 1.